The predicted molar refractivity (Wildman–Crippen MR) is 25.6 cm³/mol. The molecule has 0 radical (unpaired) electrons. The third-order valence-corrected chi connectivity index (χ3v) is 0.467. The Balaban J connectivity index is 3.27. The molecule has 0 unspecified atom stereocenters. The van der Waals surface area contributed by atoms with Gasteiger partial charge in [0.15, 0.2) is 0 Å². The van der Waals surface area contributed by atoms with Crippen molar-refractivity contribution in [2.75, 3.05) is 6.61 Å². The number of nitrogens with one attached hydrogen (secondary N) is 1. The molecule has 0 spiro atoms. The lowest BCUT2D eigenvalue weighted by molar-refractivity contribution is -0.333. The Bertz CT molecular complexity index is 93.8. The summed E-state index contributed by atoms with van der Waals surface area (Å²) in [5, 5.41) is 15.4. The maximum absolute atomic E-state index is 10.2. The van der Waals surface area contributed by atoms with Gasteiger partial charge in [-0.3, -0.25) is 10.4 Å². The highest BCUT2D eigenvalue weighted by atomic mass is 16.8. The first-order valence-electron chi connectivity index (χ1n) is 2.28. The van der Waals surface area contributed by atoms with Crippen LogP contribution in [0.5, 0.6) is 0 Å². The first-order chi connectivity index (χ1) is 4.16. The first-order valence-corrected chi connectivity index (χ1v) is 2.28. The van der Waals surface area contributed by atoms with Crippen molar-refractivity contribution >= 4 is 6.09 Å². The van der Waals surface area contributed by atoms with Crippen molar-refractivity contribution in [2.24, 2.45) is 0 Å². The fourth-order valence-electron chi connectivity index (χ4n) is 0.245. The molecule has 0 saturated heterocycles. The number of carbonyl (C=O) groups excluding carboxylic acids is 1. The molecule has 1 amide bonds. The molecule has 0 aliphatic heterocycles. The van der Waals surface area contributed by atoms with Crippen molar-refractivity contribution in [3.05, 3.63) is 0 Å². The van der Waals surface area contributed by atoms with E-state index in [9.17, 15) is 4.79 Å². The molecule has 0 heterocycles. The van der Waals surface area contributed by atoms with Crippen LogP contribution in [0, 0.1) is 0 Å². The Hall–Kier alpha value is -0.850. The number of hydrogen-bond acceptors (Lipinski definition) is 5. The van der Waals surface area contributed by atoms with E-state index in [1.165, 1.54) is 5.43 Å². The van der Waals surface area contributed by atoms with Crippen molar-refractivity contribution in [3.63, 3.8) is 0 Å². The number of hydrazine groups is 1. The molecular weight excluding hydrogens is 128 g/mol. The van der Waals surface area contributed by atoms with Crippen LogP contribution in [0.1, 0.15) is 6.92 Å². The van der Waals surface area contributed by atoms with Crippen LogP contribution in [-0.4, -0.2) is 28.5 Å². The van der Waals surface area contributed by atoms with Crippen LogP contribution in [0.15, 0.2) is 0 Å². The van der Waals surface area contributed by atoms with Gasteiger partial charge in [0.2, 0.25) is 0 Å². The van der Waals surface area contributed by atoms with Gasteiger partial charge in [-0.15, -0.1) is 0 Å². The Labute approximate surface area is 51.5 Å². The van der Waals surface area contributed by atoms with Crippen LogP contribution in [-0.2, 0) is 4.74 Å². The van der Waals surface area contributed by atoms with Crippen LogP contribution < -0.4 is 5.43 Å². The molecule has 0 saturated carbocycles. The lowest BCUT2D eigenvalue weighted by Crippen LogP contribution is -2.37. The molecular formula is C3H8N2O4. The summed E-state index contributed by atoms with van der Waals surface area (Å²) in [5.41, 5.74) is 1.53. The number of hydrogen-bond donors (Lipinski definition) is 3. The highest BCUT2D eigenvalue weighted by Gasteiger charge is 2.01. The van der Waals surface area contributed by atoms with Crippen LogP contribution in [0.4, 0.5) is 4.79 Å². The maximum atomic E-state index is 10.2. The van der Waals surface area contributed by atoms with Gasteiger partial charge in [-0.05, 0) is 6.92 Å². The van der Waals surface area contributed by atoms with Gasteiger partial charge in [0.25, 0.3) is 0 Å². The van der Waals surface area contributed by atoms with E-state index < -0.39 is 11.4 Å². The second-order valence-electron chi connectivity index (χ2n) is 1.12. The van der Waals surface area contributed by atoms with Gasteiger partial charge < -0.3 is 4.74 Å². The highest BCUT2D eigenvalue weighted by Crippen LogP contribution is 1.74. The normalized spacial score (nSPS) is 9.33. The van der Waals surface area contributed by atoms with Crippen molar-refractivity contribution in [1.82, 2.24) is 10.8 Å². The van der Waals surface area contributed by atoms with Gasteiger partial charge >= 0.3 is 6.09 Å². The molecule has 0 aromatic carbocycles. The zero-order valence-corrected chi connectivity index (χ0v) is 4.87. The van der Waals surface area contributed by atoms with E-state index in [1.807, 2.05) is 0 Å². The molecule has 0 aromatic rings. The molecule has 6 nitrogen and oxygen atoms in total. The largest absolute Gasteiger partial charge is 0.449 e. The van der Waals surface area contributed by atoms with Crippen LogP contribution in [0.3, 0.4) is 0 Å². The smallest absolute Gasteiger partial charge is 0.425 e. The molecule has 0 bridgehead atoms. The molecule has 0 aliphatic carbocycles. The van der Waals surface area contributed by atoms with Gasteiger partial charge in [0.05, 0.1) is 6.61 Å². The van der Waals surface area contributed by atoms with Crippen LogP contribution in [0.25, 0.3) is 0 Å². The Morgan fingerprint density at radius 1 is 1.78 bits per heavy atom. The highest BCUT2D eigenvalue weighted by molar-refractivity contribution is 5.66. The molecule has 54 valence electrons. The third kappa shape index (κ3) is 5.01. The maximum Gasteiger partial charge on any atom is 0.425 e. The van der Waals surface area contributed by atoms with Gasteiger partial charge in [0, 0.05) is 5.34 Å². The van der Waals surface area contributed by atoms with Gasteiger partial charge in [-0.25, -0.2) is 10.2 Å². The molecule has 9 heavy (non-hydrogen) atoms. The fourth-order valence-corrected chi connectivity index (χ4v) is 0.245. The van der Waals surface area contributed by atoms with E-state index in [2.05, 4.69) is 4.74 Å². The van der Waals surface area contributed by atoms with E-state index in [0.29, 0.717) is 0 Å². The summed E-state index contributed by atoms with van der Waals surface area (Å²) >= 11 is 0. The molecule has 0 aliphatic rings. The zero-order chi connectivity index (χ0) is 7.28. The van der Waals surface area contributed by atoms with E-state index >= 15 is 0 Å². The summed E-state index contributed by atoms with van der Waals surface area (Å²) in [7, 11) is 0. The van der Waals surface area contributed by atoms with Crippen LogP contribution in [0.2, 0.25) is 0 Å². The van der Waals surface area contributed by atoms with E-state index in [1.54, 1.807) is 6.92 Å². The number of amides is 1. The lowest BCUT2D eigenvalue weighted by atomic mass is 10.9. The topological polar surface area (TPSA) is 82.0 Å². The second kappa shape index (κ2) is 4.07. The van der Waals surface area contributed by atoms with Crippen molar-refractivity contribution < 1.29 is 19.9 Å². The first kappa shape index (κ1) is 8.15. The minimum atomic E-state index is -0.914. The quantitative estimate of drug-likeness (QED) is 0.455. The van der Waals surface area contributed by atoms with Crippen molar-refractivity contribution in [1.29, 1.82) is 0 Å². The summed E-state index contributed by atoms with van der Waals surface area (Å²) in [5.74, 6) is 0. The van der Waals surface area contributed by atoms with E-state index in [-0.39, 0.29) is 6.61 Å². The van der Waals surface area contributed by atoms with Crippen molar-refractivity contribution in [3.8, 4) is 0 Å². The zero-order valence-electron chi connectivity index (χ0n) is 4.87. The minimum Gasteiger partial charge on any atom is -0.449 e. The van der Waals surface area contributed by atoms with Gasteiger partial charge in [0.1, 0.15) is 0 Å². The number of carbonyl (C=O) groups is 1. The third-order valence-electron chi connectivity index (χ3n) is 0.467. The van der Waals surface area contributed by atoms with Gasteiger partial charge in [-0.2, -0.15) is 0 Å². The summed E-state index contributed by atoms with van der Waals surface area (Å²) < 4.78 is 4.24. The summed E-state index contributed by atoms with van der Waals surface area (Å²) in [6, 6.07) is 0. The molecule has 0 fully saturated rings. The number of rotatable bonds is 2. The number of nitrogens with zero attached hydrogens (tertiary/aromatic N) is 1. The molecule has 6 heteroatoms. The average molecular weight is 136 g/mol. The number of ether oxygens (including phenoxy) is 1. The van der Waals surface area contributed by atoms with E-state index in [0.717, 1.165) is 0 Å². The van der Waals surface area contributed by atoms with Gasteiger partial charge in [-0.1, -0.05) is 0 Å². The monoisotopic (exact) mass is 136 g/mol. The Kier molecular flexibility index (Phi) is 3.69. The second-order valence-corrected chi connectivity index (χ2v) is 1.12. The lowest BCUT2D eigenvalue weighted by Gasteiger charge is -2.06. The molecule has 3 N–H and O–H groups in total. The molecule has 0 aromatic heterocycles. The summed E-state index contributed by atoms with van der Waals surface area (Å²) in [6.45, 7) is 1.78. The predicted octanol–water partition coefficient (Wildman–Crippen LogP) is -0.272. The van der Waals surface area contributed by atoms with Crippen LogP contribution >= 0.6 is 0 Å². The summed E-state index contributed by atoms with van der Waals surface area (Å²) in [4.78, 5) is 10.2. The Morgan fingerprint density at radius 2 is 2.33 bits per heavy atom. The molecule has 0 rings (SSSR count). The average Bonchev–Trinajstić information content (AvgIpc) is 1.63. The van der Waals surface area contributed by atoms with E-state index in [4.69, 9.17) is 10.4 Å². The SMILES string of the molecule is CCOC(=O)NN(O)O. The standard InChI is InChI=1S/C3H8N2O4/c1-2-9-3(6)4-5(7)8/h7-8H,2H2,1H3,(H,4,6). The molecule has 0 atom stereocenters. The Morgan fingerprint density at radius 3 is 2.67 bits per heavy atom. The minimum absolute atomic E-state index is 0.180. The fraction of sp³-hybridized carbons (Fsp3) is 0.667. The summed E-state index contributed by atoms with van der Waals surface area (Å²) in [6.07, 6.45) is -0.914. The van der Waals surface area contributed by atoms with Crippen molar-refractivity contribution in [2.45, 2.75) is 6.92 Å².